The second-order valence-electron chi connectivity index (χ2n) is 10.4. The zero-order valence-electron chi connectivity index (χ0n) is 22.1. The molecule has 2 aromatic heterocycles. The van der Waals surface area contributed by atoms with Gasteiger partial charge in [0.15, 0.2) is 5.69 Å². The third kappa shape index (κ3) is 5.12. The highest BCUT2D eigenvalue weighted by Crippen LogP contribution is 2.44. The van der Waals surface area contributed by atoms with E-state index in [9.17, 15) is 35.9 Å². The van der Waals surface area contributed by atoms with Gasteiger partial charge < -0.3 is 14.7 Å². The molecule has 2 atom stereocenters. The summed E-state index contributed by atoms with van der Waals surface area (Å²) in [5.41, 5.74) is -2.30. The van der Waals surface area contributed by atoms with Crippen molar-refractivity contribution in [2.45, 2.75) is 49.6 Å². The largest absolute Gasteiger partial charge is 0.471 e. The summed E-state index contributed by atoms with van der Waals surface area (Å²) in [6.07, 6.45) is -6.91. The number of para-hydroxylation sites is 1. The first-order valence-corrected chi connectivity index (χ1v) is 13.2. The second kappa shape index (κ2) is 10.2. The molecule has 1 aliphatic heterocycles. The van der Waals surface area contributed by atoms with E-state index in [2.05, 4.69) is 25.1 Å². The van der Waals surface area contributed by atoms with Gasteiger partial charge >= 0.3 is 18.2 Å². The minimum atomic E-state index is -4.87. The van der Waals surface area contributed by atoms with Crippen molar-refractivity contribution in [1.29, 1.82) is 0 Å². The van der Waals surface area contributed by atoms with Crippen molar-refractivity contribution in [3.63, 3.8) is 0 Å². The molecule has 2 aromatic carbocycles. The van der Waals surface area contributed by atoms with Crippen molar-refractivity contribution in [2.75, 3.05) is 6.54 Å². The summed E-state index contributed by atoms with van der Waals surface area (Å²) in [6, 6.07) is 12.7. The number of nitrogens with one attached hydrogen (secondary N) is 1. The highest BCUT2D eigenvalue weighted by molar-refractivity contribution is 5.97. The number of benzene rings is 2. The Labute approximate surface area is 239 Å². The van der Waals surface area contributed by atoms with Gasteiger partial charge in [-0.05, 0) is 49.9 Å². The normalized spacial score (nSPS) is 20.3. The van der Waals surface area contributed by atoms with Gasteiger partial charge in [0.25, 0.3) is 11.8 Å². The van der Waals surface area contributed by atoms with Crippen LogP contribution < -0.4 is 5.32 Å². The van der Waals surface area contributed by atoms with E-state index in [1.807, 2.05) is 0 Å². The SMILES string of the molecule is O=C(N[C@@]12CCC[C@@H]1N(C(=O)c1cnn(-c3ccccc3)c1C(F)(F)F)CC2)c1cccc(-c2noc(C(F)(F)F)n2)c1. The second-order valence-corrected chi connectivity index (χ2v) is 10.4. The molecule has 43 heavy (non-hydrogen) atoms. The molecule has 6 rings (SSSR count). The minimum Gasteiger partial charge on any atom is -0.344 e. The van der Waals surface area contributed by atoms with Crippen LogP contribution in [0.1, 0.15) is 58.0 Å². The minimum absolute atomic E-state index is 0.101. The van der Waals surface area contributed by atoms with Crippen LogP contribution >= 0.6 is 0 Å². The highest BCUT2D eigenvalue weighted by atomic mass is 19.4. The first kappa shape index (κ1) is 28.4. The Kier molecular flexibility index (Phi) is 6.77. The molecule has 1 N–H and O–H groups in total. The number of rotatable bonds is 5. The van der Waals surface area contributed by atoms with Crippen LogP contribution in [0.25, 0.3) is 17.1 Å². The first-order chi connectivity index (χ1) is 20.4. The van der Waals surface area contributed by atoms with Crippen molar-refractivity contribution in [3.8, 4) is 17.1 Å². The van der Waals surface area contributed by atoms with Crippen LogP contribution in [0.15, 0.2) is 65.3 Å². The monoisotopic (exact) mass is 604 g/mol. The number of fused-ring (bicyclic) bond motifs is 1. The van der Waals surface area contributed by atoms with Gasteiger partial charge in [-0.15, -0.1) is 0 Å². The van der Waals surface area contributed by atoms with Gasteiger partial charge in [0, 0.05) is 17.7 Å². The molecule has 1 aliphatic carbocycles. The molecule has 0 bridgehead atoms. The molecule has 4 aromatic rings. The summed E-state index contributed by atoms with van der Waals surface area (Å²) in [5.74, 6) is -3.27. The number of amides is 2. The van der Waals surface area contributed by atoms with Crippen molar-refractivity contribution in [3.05, 3.63) is 83.5 Å². The topological polar surface area (TPSA) is 106 Å². The van der Waals surface area contributed by atoms with Gasteiger partial charge in [-0.2, -0.15) is 36.4 Å². The van der Waals surface area contributed by atoms with Crippen molar-refractivity contribution < 1.29 is 40.5 Å². The lowest BCUT2D eigenvalue weighted by Gasteiger charge is -2.33. The molecule has 0 unspecified atom stereocenters. The standard InChI is InChI=1S/C28H22F6N6O3/c29-27(30,31)21-19(15-35-40(21)18-8-2-1-3-9-18)24(42)39-13-12-26(11-5-10-20(26)39)37-23(41)17-7-4-6-16(14-17)22-36-25(43-38-22)28(32,33)34/h1-4,6-9,14-15,20H,5,10-13H2,(H,37,41)/t20-,26+/m0/s1. The molecule has 0 radical (unpaired) electrons. The maximum atomic E-state index is 14.2. The summed E-state index contributed by atoms with van der Waals surface area (Å²) in [6.45, 7) is 0.112. The molecule has 1 saturated heterocycles. The molecule has 9 nitrogen and oxygen atoms in total. The molecule has 224 valence electrons. The fraction of sp³-hybridized carbons (Fsp3) is 0.321. The lowest BCUT2D eigenvalue weighted by atomic mass is 9.92. The zero-order valence-corrected chi connectivity index (χ0v) is 22.1. The summed E-state index contributed by atoms with van der Waals surface area (Å²) in [7, 11) is 0. The lowest BCUT2D eigenvalue weighted by Crippen LogP contribution is -2.54. The first-order valence-electron chi connectivity index (χ1n) is 13.2. The van der Waals surface area contributed by atoms with Gasteiger partial charge in [-0.1, -0.05) is 35.5 Å². The molecule has 0 spiro atoms. The summed E-state index contributed by atoms with van der Waals surface area (Å²) >= 11 is 0. The lowest BCUT2D eigenvalue weighted by molar-refractivity contribution is -0.159. The molecule has 3 heterocycles. The van der Waals surface area contributed by atoms with Crippen molar-refractivity contribution >= 4 is 11.8 Å². The fourth-order valence-electron chi connectivity index (χ4n) is 5.98. The Bertz CT molecular complexity index is 1680. The van der Waals surface area contributed by atoms with Gasteiger partial charge in [-0.3, -0.25) is 9.59 Å². The highest BCUT2D eigenvalue weighted by Gasteiger charge is 2.54. The number of aromatic nitrogens is 4. The van der Waals surface area contributed by atoms with Crippen LogP contribution in [0.5, 0.6) is 0 Å². The maximum absolute atomic E-state index is 14.2. The number of alkyl halides is 6. The maximum Gasteiger partial charge on any atom is 0.471 e. The molecule has 15 heteroatoms. The van der Waals surface area contributed by atoms with Crippen molar-refractivity contribution in [1.82, 2.24) is 30.1 Å². The Hall–Kier alpha value is -4.69. The number of nitrogens with zero attached hydrogens (tertiary/aromatic N) is 5. The summed E-state index contributed by atoms with van der Waals surface area (Å²) < 4.78 is 86.3. The number of likely N-dealkylation sites (tertiary alicyclic amines) is 1. The van der Waals surface area contributed by atoms with E-state index in [4.69, 9.17) is 0 Å². The van der Waals surface area contributed by atoms with Gasteiger partial charge in [0.05, 0.1) is 29.0 Å². The third-order valence-electron chi connectivity index (χ3n) is 7.86. The predicted octanol–water partition coefficient (Wildman–Crippen LogP) is 5.53. The molecule has 1 saturated carbocycles. The molecule has 2 fully saturated rings. The van der Waals surface area contributed by atoms with E-state index in [1.165, 1.54) is 41.3 Å². The number of carbonyl (C=O) groups excluding carboxylic acids is 2. The van der Waals surface area contributed by atoms with Gasteiger partial charge in [-0.25, -0.2) is 4.68 Å². The van der Waals surface area contributed by atoms with Crippen LogP contribution in [0.4, 0.5) is 26.3 Å². The van der Waals surface area contributed by atoms with Crippen LogP contribution in [-0.2, 0) is 12.4 Å². The van der Waals surface area contributed by atoms with Crippen LogP contribution in [-0.4, -0.2) is 54.8 Å². The Morgan fingerprint density at radius 1 is 0.977 bits per heavy atom. The molecule has 2 aliphatic rings. The van der Waals surface area contributed by atoms with Crippen molar-refractivity contribution in [2.24, 2.45) is 0 Å². The smallest absolute Gasteiger partial charge is 0.344 e. The third-order valence-corrected chi connectivity index (χ3v) is 7.86. The van der Waals surface area contributed by atoms with Gasteiger partial charge in [0.2, 0.25) is 5.82 Å². The summed E-state index contributed by atoms with van der Waals surface area (Å²) in [4.78, 5) is 31.7. The zero-order chi connectivity index (χ0) is 30.6. The Morgan fingerprint density at radius 2 is 1.74 bits per heavy atom. The fourth-order valence-corrected chi connectivity index (χ4v) is 5.98. The average Bonchev–Trinajstić information content (AvgIpc) is 3.75. The predicted molar refractivity (Wildman–Crippen MR) is 137 cm³/mol. The quantitative estimate of drug-likeness (QED) is 0.301. The van der Waals surface area contributed by atoms with E-state index in [0.29, 0.717) is 30.4 Å². The molecular weight excluding hydrogens is 582 g/mol. The Morgan fingerprint density at radius 3 is 2.44 bits per heavy atom. The molecular formula is C28H22F6N6O3. The number of carbonyl (C=O) groups is 2. The van der Waals surface area contributed by atoms with E-state index in [-0.39, 0.29) is 29.2 Å². The number of hydrogen-bond acceptors (Lipinski definition) is 6. The average molecular weight is 605 g/mol. The summed E-state index contributed by atoms with van der Waals surface area (Å²) in [5, 5.41) is 10.2. The number of halogens is 6. The van der Waals surface area contributed by atoms with Crippen LogP contribution in [0, 0.1) is 0 Å². The van der Waals surface area contributed by atoms with Crippen LogP contribution in [0.2, 0.25) is 0 Å². The number of hydrogen-bond donors (Lipinski definition) is 1. The molecule has 2 amide bonds. The van der Waals surface area contributed by atoms with Gasteiger partial charge in [0.1, 0.15) is 0 Å². The van der Waals surface area contributed by atoms with Crippen LogP contribution in [0.3, 0.4) is 0 Å². The van der Waals surface area contributed by atoms with E-state index >= 15 is 0 Å². The Balaban J connectivity index is 1.24. The van der Waals surface area contributed by atoms with E-state index in [1.54, 1.807) is 18.2 Å². The van der Waals surface area contributed by atoms with E-state index in [0.717, 1.165) is 6.20 Å². The van der Waals surface area contributed by atoms with E-state index < -0.39 is 52.9 Å².